The molecule has 5 heteroatoms. The summed E-state index contributed by atoms with van der Waals surface area (Å²) in [4.78, 5) is 15.5. The first-order valence-electron chi connectivity index (χ1n) is 7.35. The molecule has 1 aromatic rings. The predicted octanol–water partition coefficient (Wildman–Crippen LogP) is 2.44. The lowest BCUT2D eigenvalue weighted by atomic mass is 9.96. The van der Waals surface area contributed by atoms with Gasteiger partial charge in [0.25, 0.3) is 0 Å². The van der Waals surface area contributed by atoms with Gasteiger partial charge in [-0.05, 0) is 36.8 Å². The zero-order chi connectivity index (χ0) is 15.2. The lowest BCUT2D eigenvalue weighted by Gasteiger charge is -2.34. The Morgan fingerprint density at radius 1 is 1.38 bits per heavy atom. The van der Waals surface area contributed by atoms with E-state index in [-0.39, 0.29) is 18.0 Å². The lowest BCUT2D eigenvalue weighted by molar-refractivity contribution is -0.134. The van der Waals surface area contributed by atoms with Crippen LogP contribution in [0.3, 0.4) is 0 Å². The first-order valence-corrected chi connectivity index (χ1v) is 8.57. The van der Waals surface area contributed by atoms with Crippen LogP contribution in [0.2, 0.25) is 0 Å². The van der Waals surface area contributed by atoms with Crippen molar-refractivity contribution in [2.24, 2.45) is 5.73 Å². The van der Waals surface area contributed by atoms with Crippen LogP contribution in [0, 0.1) is 0 Å². The molecule has 0 radical (unpaired) electrons. The van der Waals surface area contributed by atoms with Gasteiger partial charge < -0.3 is 15.4 Å². The Labute approximate surface area is 131 Å². The van der Waals surface area contributed by atoms with Crippen molar-refractivity contribution >= 4 is 17.7 Å². The van der Waals surface area contributed by atoms with E-state index in [0.717, 1.165) is 18.4 Å². The fourth-order valence-corrected chi connectivity index (χ4v) is 3.27. The average Bonchev–Trinajstić information content (AvgIpc) is 2.64. The van der Waals surface area contributed by atoms with E-state index < -0.39 is 0 Å². The third-order valence-electron chi connectivity index (χ3n) is 3.98. The Kier molecular flexibility index (Phi) is 6.08. The van der Waals surface area contributed by atoms with Gasteiger partial charge in [-0.3, -0.25) is 4.79 Å². The molecule has 1 aliphatic heterocycles. The SMILES string of the molecule is COCCN1C(=O)CCCC(N)C1c1ccc(SC)cc1. The highest BCUT2D eigenvalue weighted by atomic mass is 32.2. The summed E-state index contributed by atoms with van der Waals surface area (Å²) in [5.41, 5.74) is 7.48. The van der Waals surface area contributed by atoms with Crippen molar-refractivity contribution in [1.29, 1.82) is 0 Å². The fourth-order valence-electron chi connectivity index (χ4n) is 2.86. The summed E-state index contributed by atoms with van der Waals surface area (Å²) in [5.74, 6) is 0.180. The van der Waals surface area contributed by atoms with Gasteiger partial charge in [0.1, 0.15) is 0 Å². The van der Waals surface area contributed by atoms with Crippen LogP contribution in [0.15, 0.2) is 29.2 Å². The number of nitrogens with zero attached hydrogens (tertiary/aromatic N) is 1. The highest BCUT2D eigenvalue weighted by Crippen LogP contribution is 2.31. The quantitative estimate of drug-likeness (QED) is 0.849. The Balaban J connectivity index is 2.28. The number of carbonyl (C=O) groups excluding carboxylic acids is 1. The molecule has 4 nitrogen and oxygen atoms in total. The number of likely N-dealkylation sites (tertiary alicyclic amines) is 1. The summed E-state index contributed by atoms with van der Waals surface area (Å²) in [7, 11) is 1.66. The molecule has 2 unspecified atom stereocenters. The van der Waals surface area contributed by atoms with Crippen molar-refractivity contribution in [3.8, 4) is 0 Å². The van der Waals surface area contributed by atoms with Crippen LogP contribution in [0.1, 0.15) is 30.9 Å². The number of hydrogen-bond acceptors (Lipinski definition) is 4. The van der Waals surface area contributed by atoms with Crippen molar-refractivity contribution in [3.63, 3.8) is 0 Å². The van der Waals surface area contributed by atoms with E-state index in [1.54, 1.807) is 18.9 Å². The van der Waals surface area contributed by atoms with Crippen LogP contribution in [-0.4, -0.2) is 43.4 Å². The zero-order valence-corrected chi connectivity index (χ0v) is 13.6. The number of methoxy groups -OCH3 is 1. The van der Waals surface area contributed by atoms with Crippen molar-refractivity contribution in [2.45, 2.75) is 36.2 Å². The number of thioether (sulfide) groups is 1. The smallest absolute Gasteiger partial charge is 0.223 e. The highest BCUT2D eigenvalue weighted by molar-refractivity contribution is 7.98. The van der Waals surface area contributed by atoms with Gasteiger partial charge in [-0.1, -0.05) is 12.1 Å². The van der Waals surface area contributed by atoms with Gasteiger partial charge in [-0.15, -0.1) is 11.8 Å². The van der Waals surface area contributed by atoms with E-state index in [4.69, 9.17) is 10.5 Å². The van der Waals surface area contributed by atoms with E-state index in [0.29, 0.717) is 19.6 Å². The van der Waals surface area contributed by atoms with Gasteiger partial charge >= 0.3 is 0 Å². The van der Waals surface area contributed by atoms with Crippen molar-refractivity contribution in [2.75, 3.05) is 26.5 Å². The molecule has 1 fully saturated rings. The number of nitrogens with two attached hydrogens (primary N) is 1. The average molecular weight is 308 g/mol. The predicted molar refractivity (Wildman–Crippen MR) is 86.4 cm³/mol. The highest BCUT2D eigenvalue weighted by Gasteiger charge is 2.32. The molecule has 116 valence electrons. The molecule has 2 atom stereocenters. The molecule has 2 rings (SSSR count). The number of carbonyl (C=O) groups is 1. The van der Waals surface area contributed by atoms with Crippen LogP contribution >= 0.6 is 11.8 Å². The fraction of sp³-hybridized carbons (Fsp3) is 0.562. The first-order chi connectivity index (χ1) is 10.2. The van der Waals surface area contributed by atoms with E-state index in [1.807, 2.05) is 4.90 Å². The summed E-state index contributed by atoms with van der Waals surface area (Å²) in [6.45, 7) is 1.13. The third kappa shape index (κ3) is 3.99. The minimum atomic E-state index is -0.0499. The molecule has 0 aliphatic carbocycles. The van der Waals surface area contributed by atoms with Crippen LogP contribution < -0.4 is 5.73 Å². The topological polar surface area (TPSA) is 55.6 Å². The van der Waals surface area contributed by atoms with Crippen LogP contribution in [0.4, 0.5) is 0 Å². The van der Waals surface area contributed by atoms with Crippen molar-refractivity contribution in [1.82, 2.24) is 4.90 Å². The number of hydrogen-bond donors (Lipinski definition) is 1. The maximum absolute atomic E-state index is 12.4. The van der Waals surface area contributed by atoms with Crippen LogP contribution in [0.25, 0.3) is 0 Å². The standard InChI is InChI=1S/C16H24N2O2S/c1-20-11-10-18-15(19)5-3-4-14(17)16(18)12-6-8-13(21-2)9-7-12/h6-9,14,16H,3-5,10-11,17H2,1-2H3. The zero-order valence-electron chi connectivity index (χ0n) is 12.7. The summed E-state index contributed by atoms with van der Waals surface area (Å²) in [6, 6.07) is 8.30. The van der Waals surface area contributed by atoms with E-state index >= 15 is 0 Å². The van der Waals surface area contributed by atoms with Gasteiger partial charge in [0.2, 0.25) is 5.91 Å². The second-order valence-electron chi connectivity index (χ2n) is 5.35. The van der Waals surface area contributed by atoms with Gasteiger partial charge in [0.05, 0.1) is 12.6 Å². The summed E-state index contributed by atoms with van der Waals surface area (Å²) >= 11 is 1.71. The summed E-state index contributed by atoms with van der Waals surface area (Å²) < 4.78 is 5.15. The van der Waals surface area contributed by atoms with Gasteiger partial charge in [0.15, 0.2) is 0 Å². The number of rotatable bonds is 5. The molecule has 0 saturated carbocycles. The van der Waals surface area contributed by atoms with Gasteiger partial charge in [-0.2, -0.15) is 0 Å². The van der Waals surface area contributed by atoms with Crippen LogP contribution in [0.5, 0.6) is 0 Å². The van der Waals surface area contributed by atoms with Gasteiger partial charge in [-0.25, -0.2) is 0 Å². The van der Waals surface area contributed by atoms with E-state index in [2.05, 4.69) is 30.5 Å². The van der Waals surface area contributed by atoms with E-state index in [1.165, 1.54) is 4.90 Å². The van der Waals surface area contributed by atoms with Crippen molar-refractivity contribution in [3.05, 3.63) is 29.8 Å². The first kappa shape index (κ1) is 16.3. The molecule has 0 bridgehead atoms. The summed E-state index contributed by atoms with van der Waals surface area (Å²) in [5, 5.41) is 0. The molecule has 1 heterocycles. The molecular formula is C16H24N2O2S. The maximum Gasteiger partial charge on any atom is 0.223 e. The Bertz CT molecular complexity index is 464. The number of amides is 1. The molecule has 1 aromatic carbocycles. The van der Waals surface area contributed by atoms with Crippen molar-refractivity contribution < 1.29 is 9.53 Å². The number of ether oxygens (including phenoxy) is 1. The molecule has 0 aromatic heterocycles. The normalized spacial score (nSPS) is 23.2. The molecule has 0 spiro atoms. The Morgan fingerprint density at radius 3 is 2.71 bits per heavy atom. The second-order valence-corrected chi connectivity index (χ2v) is 6.23. The summed E-state index contributed by atoms with van der Waals surface area (Å²) in [6.07, 6.45) is 4.38. The second kappa shape index (κ2) is 7.82. The molecular weight excluding hydrogens is 284 g/mol. The molecule has 1 amide bonds. The van der Waals surface area contributed by atoms with Gasteiger partial charge in [0, 0.05) is 31.0 Å². The molecule has 1 aliphatic rings. The molecule has 1 saturated heterocycles. The number of benzene rings is 1. The van der Waals surface area contributed by atoms with Crippen LogP contribution in [-0.2, 0) is 9.53 Å². The molecule has 21 heavy (non-hydrogen) atoms. The Morgan fingerprint density at radius 2 is 2.10 bits per heavy atom. The largest absolute Gasteiger partial charge is 0.383 e. The lowest BCUT2D eigenvalue weighted by Crippen LogP contribution is -2.43. The minimum absolute atomic E-state index is 0.0200. The minimum Gasteiger partial charge on any atom is -0.383 e. The molecule has 2 N–H and O–H groups in total. The monoisotopic (exact) mass is 308 g/mol. The van der Waals surface area contributed by atoms with E-state index in [9.17, 15) is 4.79 Å². The third-order valence-corrected chi connectivity index (χ3v) is 4.73. The maximum atomic E-state index is 12.4. The Hall–Kier alpha value is -1.04.